The van der Waals surface area contributed by atoms with Crippen molar-refractivity contribution >= 4 is 27.4 Å². The molecule has 0 amide bonds. The third-order valence-corrected chi connectivity index (χ3v) is 5.23. The van der Waals surface area contributed by atoms with Crippen LogP contribution in [0.4, 0.5) is 5.69 Å². The Morgan fingerprint density at radius 1 is 0.963 bits per heavy atom. The van der Waals surface area contributed by atoms with E-state index in [1.807, 2.05) is 30.5 Å². The largest absolute Gasteiger partial charge is 0.284 e. The highest BCUT2D eigenvalue weighted by atomic mass is 32.2. The molecule has 0 unspecified atom stereocenters. The monoisotopic (exact) mass is 376 g/mol. The summed E-state index contributed by atoms with van der Waals surface area (Å²) >= 11 is 0. The van der Waals surface area contributed by atoms with E-state index in [0.29, 0.717) is 5.69 Å². The van der Waals surface area contributed by atoms with Gasteiger partial charge >= 0.3 is 0 Å². The van der Waals surface area contributed by atoms with Crippen LogP contribution in [0.2, 0.25) is 0 Å². The predicted octanol–water partition coefficient (Wildman–Crippen LogP) is 4.14. The fourth-order valence-corrected chi connectivity index (χ4v) is 4.06. The van der Waals surface area contributed by atoms with E-state index in [1.54, 1.807) is 6.07 Å². The molecule has 1 aliphatic rings. The van der Waals surface area contributed by atoms with Crippen LogP contribution >= 0.6 is 0 Å². The number of pyridine rings is 1. The van der Waals surface area contributed by atoms with Gasteiger partial charge in [-0.15, -0.1) is 0 Å². The number of fused-ring (bicyclic) bond motifs is 2. The third-order valence-electron chi connectivity index (χ3n) is 4.62. The summed E-state index contributed by atoms with van der Waals surface area (Å²) in [4.78, 5) is 4.59. The summed E-state index contributed by atoms with van der Waals surface area (Å²) in [5, 5.41) is 0. The fourth-order valence-electron chi connectivity index (χ4n) is 3.51. The molecule has 1 N–H and O–H groups in total. The highest BCUT2D eigenvalue weighted by Gasteiger charge is 2.18. The maximum absolute atomic E-state index is 11.5. The number of aryl methyl sites for hydroxylation is 2. The van der Waals surface area contributed by atoms with Gasteiger partial charge < -0.3 is 0 Å². The second kappa shape index (κ2) is 7.00. The van der Waals surface area contributed by atoms with E-state index in [9.17, 15) is 8.42 Å². The first-order valence-corrected chi connectivity index (χ1v) is 10.7. The molecule has 136 valence electrons. The molecule has 1 aliphatic carbocycles. The molecule has 1 aromatic heterocycles. The van der Waals surface area contributed by atoms with E-state index in [4.69, 9.17) is 0 Å². The molecule has 27 heavy (non-hydrogen) atoms. The average Bonchev–Trinajstić information content (AvgIpc) is 2.79. The van der Waals surface area contributed by atoms with Crippen molar-refractivity contribution in [2.75, 3.05) is 11.0 Å². The molecule has 0 atom stereocenters. The van der Waals surface area contributed by atoms with Crippen molar-refractivity contribution in [3.8, 4) is 0 Å². The minimum absolute atomic E-state index is 0.556. The molecule has 2 aromatic carbocycles. The molecular weight excluding hydrogens is 356 g/mol. The lowest BCUT2D eigenvalue weighted by Gasteiger charge is -2.12. The number of rotatable bonds is 3. The minimum Gasteiger partial charge on any atom is -0.284 e. The summed E-state index contributed by atoms with van der Waals surface area (Å²) in [5.41, 5.74) is 7.32. The Kier molecular flexibility index (Phi) is 4.54. The van der Waals surface area contributed by atoms with Crippen LogP contribution in [0.1, 0.15) is 27.9 Å². The van der Waals surface area contributed by atoms with Crippen LogP contribution in [0.15, 0.2) is 66.9 Å². The molecule has 1 heterocycles. The maximum atomic E-state index is 11.5. The Labute approximate surface area is 159 Å². The SMILES string of the molecule is CS(=O)(=O)Nc1cccc(/C=C2/c3ccccc3CCc3ncccc32)c1. The Morgan fingerprint density at radius 2 is 1.78 bits per heavy atom. The summed E-state index contributed by atoms with van der Waals surface area (Å²) in [7, 11) is -3.31. The van der Waals surface area contributed by atoms with Crippen LogP contribution in [0, 0.1) is 0 Å². The van der Waals surface area contributed by atoms with Crippen molar-refractivity contribution in [1.29, 1.82) is 0 Å². The lowest BCUT2D eigenvalue weighted by atomic mass is 9.93. The van der Waals surface area contributed by atoms with Crippen molar-refractivity contribution in [3.05, 3.63) is 94.8 Å². The smallest absolute Gasteiger partial charge is 0.229 e. The maximum Gasteiger partial charge on any atom is 0.229 e. The van der Waals surface area contributed by atoms with Crippen LogP contribution in [-0.4, -0.2) is 19.7 Å². The summed E-state index contributed by atoms with van der Waals surface area (Å²) in [5.74, 6) is 0. The molecule has 4 nitrogen and oxygen atoms in total. The number of benzene rings is 2. The Hall–Kier alpha value is -2.92. The number of nitrogens with zero attached hydrogens (tertiary/aromatic N) is 1. The second-order valence-corrected chi connectivity index (χ2v) is 8.46. The fraction of sp³-hybridized carbons (Fsp3) is 0.136. The van der Waals surface area contributed by atoms with Crippen molar-refractivity contribution in [3.63, 3.8) is 0 Å². The normalized spacial score (nSPS) is 14.9. The first kappa shape index (κ1) is 17.5. The van der Waals surface area contributed by atoms with E-state index in [-0.39, 0.29) is 0 Å². The molecule has 0 bridgehead atoms. The van der Waals surface area contributed by atoms with Crippen molar-refractivity contribution in [2.24, 2.45) is 0 Å². The predicted molar refractivity (Wildman–Crippen MR) is 110 cm³/mol. The van der Waals surface area contributed by atoms with Gasteiger partial charge in [0.15, 0.2) is 0 Å². The highest BCUT2D eigenvalue weighted by Crippen LogP contribution is 2.34. The summed E-state index contributed by atoms with van der Waals surface area (Å²) < 4.78 is 25.6. The Morgan fingerprint density at radius 3 is 2.63 bits per heavy atom. The van der Waals surface area contributed by atoms with E-state index < -0.39 is 10.0 Å². The lowest BCUT2D eigenvalue weighted by molar-refractivity contribution is 0.607. The Bertz CT molecular complexity index is 1080. The lowest BCUT2D eigenvalue weighted by Crippen LogP contribution is -2.09. The third kappa shape index (κ3) is 3.93. The summed E-state index contributed by atoms with van der Waals surface area (Å²) in [6.07, 6.45) is 6.95. The van der Waals surface area contributed by atoms with Crippen LogP contribution < -0.4 is 4.72 Å². The first-order valence-electron chi connectivity index (χ1n) is 8.82. The van der Waals surface area contributed by atoms with Crippen LogP contribution in [0.5, 0.6) is 0 Å². The summed E-state index contributed by atoms with van der Waals surface area (Å²) in [6, 6.07) is 19.9. The number of anilines is 1. The zero-order chi connectivity index (χ0) is 18.9. The minimum atomic E-state index is -3.31. The molecule has 0 saturated carbocycles. The molecule has 0 spiro atoms. The van der Waals surface area contributed by atoms with Crippen molar-refractivity contribution in [2.45, 2.75) is 12.8 Å². The Balaban J connectivity index is 1.87. The topological polar surface area (TPSA) is 59.1 Å². The van der Waals surface area contributed by atoms with E-state index in [0.717, 1.165) is 41.5 Å². The zero-order valence-electron chi connectivity index (χ0n) is 15.0. The van der Waals surface area contributed by atoms with Gasteiger partial charge in [-0.05, 0) is 59.4 Å². The number of hydrogen-bond acceptors (Lipinski definition) is 3. The average molecular weight is 376 g/mol. The van der Waals surface area contributed by atoms with Gasteiger partial charge in [0, 0.05) is 23.1 Å². The van der Waals surface area contributed by atoms with Gasteiger partial charge in [-0.1, -0.05) is 42.5 Å². The van der Waals surface area contributed by atoms with E-state index >= 15 is 0 Å². The van der Waals surface area contributed by atoms with Crippen molar-refractivity contribution < 1.29 is 8.42 Å². The van der Waals surface area contributed by atoms with E-state index in [2.05, 4.69) is 46.1 Å². The molecule has 0 fully saturated rings. The van der Waals surface area contributed by atoms with Crippen LogP contribution in [-0.2, 0) is 22.9 Å². The second-order valence-electron chi connectivity index (χ2n) is 6.71. The zero-order valence-corrected chi connectivity index (χ0v) is 15.8. The first-order chi connectivity index (χ1) is 13.0. The molecule has 0 aliphatic heterocycles. The van der Waals surface area contributed by atoms with Crippen LogP contribution in [0.3, 0.4) is 0 Å². The van der Waals surface area contributed by atoms with Gasteiger partial charge in [0.1, 0.15) is 0 Å². The van der Waals surface area contributed by atoms with Gasteiger partial charge in [-0.25, -0.2) is 8.42 Å². The van der Waals surface area contributed by atoms with Crippen LogP contribution in [0.25, 0.3) is 11.6 Å². The molecule has 5 heteroatoms. The van der Waals surface area contributed by atoms with Gasteiger partial charge in [-0.2, -0.15) is 0 Å². The molecule has 0 radical (unpaired) electrons. The standard InChI is InChI=1S/C22H20N2O2S/c1-27(25,26)24-18-8-4-6-16(14-18)15-21-19-9-3-2-7-17(19)11-12-22-20(21)10-5-13-23-22/h2-10,13-15,24H,11-12H2,1H3/b21-15-. The summed E-state index contributed by atoms with van der Waals surface area (Å²) in [6.45, 7) is 0. The quantitative estimate of drug-likeness (QED) is 0.747. The number of nitrogens with one attached hydrogen (secondary N) is 1. The number of aromatic nitrogens is 1. The number of hydrogen-bond donors (Lipinski definition) is 1. The van der Waals surface area contributed by atoms with Gasteiger partial charge in [0.25, 0.3) is 0 Å². The number of sulfonamides is 1. The highest BCUT2D eigenvalue weighted by molar-refractivity contribution is 7.92. The van der Waals surface area contributed by atoms with Crippen molar-refractivity contribution in [1.82, 2.24) is 4.98 Å². The molecule has 0 saturated heterocycles. The molecular formula is C22H20N2O2S. The van der Waals surface area contributed by atoms with Gasteiger partial charge in [-0.3, -0.25) is 9.71 Å². The van der Waals surface area contributed by atoms with Gasteiger partial charge in [0.05, 0.1) is 6.26 Å². The molecule has 4 rings (SSSR count). The van der Waals surface area contributed by atoms with E-state index in [1.165, 1.54) is 11.1 Å². The van der Waals surface area contributed by atoms with Gasteiger partial charge in [0.2, 0.25) is 10.0 Å². The molecule has 3 aromatic rings.